The Hall–Kier alpha value is -2.77. The van der Waals surface area contributed by atoms with Crippen LogP contribution in [-0.2, 0) is 9.59 Å². The first-order chi connectivity index (χ1) is 9.63. The molecule has 1 aromatic heterocycles. The van der Waals surface area contributed by atoms with E-state index in [0.717, 1.165) is 0 Å². The summed E-state index contributed by atoms with van der Waals surface area (Å²) in [6.45, 7) is 0. The Labute approximate surface area is 112 Å². The van der Waals surface area contributed by atoms with Crippen LogP contribution in [-0.4, -0.2) is 26.6 Å². The number of benzene rings is 1. The third kappa shape index (κ3) is 2.22. The summed E-state index contributed by atoms with van der Waals surface area (Å²) in [5.74, 6) is -0.966. The topological polar surface area (TPSA) is 88.9 Å². The second-order valence-corrected chi connectivity index (χ2v) is 4.33. The van der Waals surface area contributed by atoms with Crippen LogP contribution in [0, 0.1) is 5.82 Å². The molecule has 7 nitrogen and oxygen atoms in total. The number of carbonyl (C=O) groups excluding carboxylic acids is 2. The van der Waals surface area contributed by atoms with Gasteiger partial charge in [-0.05, 0) is 18.2 Å². The van der Waals surface area contributed by atoms with Crippen molar-refractivity contribution in [3.63, 3.8) is 0 Å². The smallest absolute Gasteiger partial charge is 0.248 e. The van der Waals surface area contributed by atoms with Crippen LogP contribution in [0.3, 0.4) is 0 Å². The van der Waals surface area contributed by atoms with Crippen LogP contribution in [0.25, 0.3) is 0 Å². The van der Waals surface area contributed by atoms with Crippen molar-refractivity contribution in [2.45, 2.75) is 12.5 Å². The highest BCUT2D eigenvalue weighted by Gasteiger charge is 2.31. The summed E-state index contributed by atoms with van der Waals surface area (Å²) in [6, 6.07) is 4.78. The van der Waals surface area contributed by atoms with Crippen LogP contribution in [0.2, 0.25) is 0 Å². The normalized spacial score (nSPS) is 17.2. The maximum Gasteiger partial charge on any atom is 0.248 e. The molecule has 0 bridgehead atoms. The Morgan fingerprint density at radius 3 is 3.15 bits per heavy atom. The second-order valence-electron chi connectivity index (χ2n) is 4.33. The largest absolute Gasteiger partial charge is 0.324 e. The van der Waals surface area contributed by atoms with Gasteiger partial charge in [0.1, 0.15) is 18.2 Å². The molecule has 8 heteroatoms. The summed E-state index contributed by atoms with van der Waals surface area (Å²) in [6.07, 6.45) is 1.34. The number of halogens is 1. The van der Waals surface area contributed by atoms with Crippen molar-refractivity contribution in [2.75, 3.05) is 10.6 Å². The van der Waals surface area contributed by atoms with Gasteiger partial charge >= 0.3 is 0 Å². The van der Waals surface area contributed by atoms with E-state index in [1.165, 1.54) is 29.1 Å². The van der Waals surface area contributed by atoms with Crippen molar-refractivity contribution in [1.82, 2.24) is 14.8 Å². The Morgan fingerprint density at radius 2 is 2.35 bits per heavy atom. The summed E-state index contributed by atoms with van der Waals surface area (Å²) in [5.41, 5.74) is 0.329. The molecule has 0 fully saturated rings. The number of carbonyl (C=O) groups is 2. The first-order valence-electron chi connectivity index (χ1n) is 5.89. The van der Waals surface area contributed by atoms with Gasteiger partial charge in [-0.2, -0.15) is 0 Å². The first kappa shape index (κ1) is 12.3. The fourth-order valence-electron chi connectivity index (χ4n) is 2.02. The van der Waals surface area contributed by atoms with Gasteiger partial charge in [0.15, 0.2) is 0 Å². The van der Waals surface area contributed by atoms with Crippen molar-refractivity contribution < 1.29 is 14.0 Å². The van der Waals surface area contributed by atoms with Gasteiger partial charge in [0, 0.05) is 5.69 Å². The molecule has 2 N–H and O–H groups in total. The minimum Gasteiger partial charge on any atom is -0.324 e. The fourth-order valence-corrected chi connectivity index (χ4v) is 2.02. The molecule has 0 radical (unpaired) electrons. The number of nitrogens with zero attached hydrogens (tertiary/aromatic N) is 3. The van der Waals surface area contributed by atoms with E-state index in [2.05, 4.69) is 20.8 Å². The number of hydrogen-bond donors (Lipinski definition) is 2. The van der Waals surface area contributed by atoms with Gasteiger partial charge in [-0.1, -0.05) is 6.07 Å². The maximum absolute atomic E-state index is 13.1. The van der Waals surface area contributed by atoms with E-state index in [4.69, 9.17) is 0 Å². The van der Waals surface area contributed by atoms with E-state index < -0.39 is 17.8 Å². The molecule has 1 atom stereocenters. The van der Waals surface area contributed by atoms with E-state index in [1.54, 1.807) is 6.07 Å². The van der Waals surface area contributed by atoms with Crippen molar-refractivity contribution in [3.8, 4) is 0 Å². The Bertz CT molecular complexity index is 684. The summed E-state index contributed by atoms with van der Waals surface area (Å²) < 4.78 is 14.5. The van der Waals surface area contributed by atoms with Gasteiger partial charge in [0.2, 0.25) is 17.8 Å². The summed E-state index contributed by atoms with van der Waals surface area (Å²) in [5, 5.41) is 12.4. The van der Waals surface area contributed by atoms with Gasteiger partial charge < -0.3 is 5.32 Å². The van der Waals surface area contributed by atoms with Crippen molar-refractivity contribution >= 4 is 23.5 Å². The monoisotopic (exact) mass is 275 g/mol. The Morgan fingerprint density at radius 1 is 1.50 bits per heavy atom. The number of fused-ring (bicyclic) bond motifs is 1. The van der Waals surface area contributed by atoms with E-state index in [1.807, 2.05) is 0 Å². The number of hydrogen-bond acceptors (Lipinski definition) is 4. The van der Waals surface area contributed by atoms with Crippen LogP contribution in [0.1, 0.15) is 12.5 Å². The van der Waals surface area contributed by atoms with Crippen LogP contribution in [0.15, 0.2) is 30.6 Å². The third-order valence-electron chi connectivity index (χ3n) is 2.93. The highest BCUT2D eigenvalue weighted by atomic mass is 19.1. The Kier molecular flexibility index (Phi) is 2.90. The SMILES string of the molecule is O=C1CC(C(=O)Nc2cccc(F)c2)n2cnnc2N1. The number of rotatable bonds is 2. The van der Waals surface area contributed by atoms with Gasteiger partial charge in [-0.3, -0.25) is 19.5 Å². The van der Waals surface area contributed by atoms with E-state index in [0.29, 0.717) is 5.69 Å². The number of amides is 2. The molecular formula is C12H10FN5O2. The quantitative estimate of drug-likeness (QED) is 0.853. The molecular weight excluding hydrogens is 265 g/mol. The molecule has 3 rings (SSSR count). The average molecular weight is 275 g/mol. The summed E-state index contributed by atoms with van der Waals surface area (Å²) >= 11 is 0. The molecule has 2 amide bonds. The molecule has 2 aromatic rings. The van der Waals surface area contributed by atoms with Gasteiger partial charge in [-0.15, -0.1) is 10.2 Å². The van der Waals surface area contributed by atoms with Crippen LogP contribution in [0.4, 0.5) is 16.0 Å². The maximum atomic E-state index is 13.1. The lowest BCUT2D eigenvalue weighted by Crippen LogP contribution is -2.35. The predicted molar refractivity (Wildman–Crippen MR) is 67.3 cm³/mol. The van der Waals surface area contributed by atoms with Crippen molar-refractivity contribution in [3.05, 3.63) is 36.4 Å². The predicted octanol–water partition coefficient (Wildman–Crippen LogP) is 0.939. The molecule has 20 heavy (non-hydrogen) atoms. The van der Waals surface area contributed by atoms with Gasteiger partial charge in [0.25, 0.3) is 0 Å². The van der Waals surface area contributed by atoms with E-state index in [-0.39, 0.29) is 18.3 Å². The second kappa shape index (κ2) is 4.72. The zero-order chi connectivity index (χ0) is 14.1. The molecule has 0 spiro atoms. The Balaban J connectivity index is 1.83. The molecule has 1 aromatic carbocycles. The lowest BCUT2D eigenvalue weighted by molar-refractivity contribution is -0.125. The van der Waals surface area contributed by atoms with Gasteiger partial charge in [-0.25, -0.2) is 4.39 Å². The standard InChI is InChI=1S/C12H10FN5O2/c13-7-2-1-3-8(4-7)15-11(20)9-5-10(19)16-12-17-14-6-18(9)12/h1-4,6,9H,5H2,(H,15,20)(H,16,17,19). The number of aromatic nitrogens is 3. The summed E-state index contributed by atoms with van der Waals surface area (Å²) in [4.78, 5) is 23.7. The van der Waals surface area contributed by atoms with Crippen LogP contribution >= 0.6 is 0 Å². The minimum atomic E-state index is -0.753. The summed E-state index contributed by atoms with van der Waals surface area (Å²) in [7, 11) is 0. The first-order valence-corrected chi connectivity index (χ1v) is 5.89. The lowest BCUT2D eigenvalue weighted by Gasteiger charge is -2.23. The molecule has 102 valence electrons. The molecule has 0 saturated heterocycles. The molecule has 1 aliphatic rings. The average Bonchev–Trinajstić information content (AvgIpc) is 2.85. The van der Waals surface area contributed by atoms with E-state index >= 15 is 0 Å². The molecule has 1 aliphatic heterocycles. The lowest BCUT2D eigenvalue weighted by atomic mass is 10.1. The van der Waals surface area contributed by atoms with Crippen molar-refractivity contribution in [2.24, 2.45) is 0 Å². The number of nitrogens with one attached hydrogen (secondary N) is 2. The third-order valence-corrected chi connectivity index (χ3v) is 2.93. The zero-order valence-corrected chi connectivity index (χ0v) is 10.2. The van der Waals surface area contributed by atoms with Crippen LogP contribution in [0.5, 0.6) is 0 Å². The van der Waals surface area contributed by atoms with Crippen LogP contribution < -0.4 is 10.6 Å². The van der Waals surface area contributed by atoms with Crippen molar-refractivity contribution in [1.29, 1.82) is 0 Å². The minimum absolute atomic E-state index is 0.0216. The molecule has 0 aliphatic carbocycles. The zero-order valence-electron chi connectivity index (χ0n) is 10.2. The number of anilines is 2. The highest BCUT2D eigenvalue weighted by molar-refractivity contribution is 6.00. The van der Waals surface area contributed by atoms with Gasteiger partial charge in [0.05, 0.1) is 6.42 Å². The highest BCUT2D eigenvalue weighted by Crippen LogP contribution is 2.23. The molecule has 1 unspecified atom stereocenters. The fraction of sp³-hybridized carbons (Fsp3) is 0.167. The van der Waals surface area contributed by atoms with E-state index in [9.17, 15) is 14.0 Å². The molecule has 0 saturated carbocycles. The molecule has 2 heterocycles.